The number of hydrogen-bond donors (Lipinski definition) is 2. The molecule has 0 saturated carbocycles. The average molecular weight is 262 g/mol. The lowest BCUT2D eigenvalue weighted by Gasteiger charge is -2.07. The number of anilines is 1. The molecule has 0 unspecified atom stereocenters. The van der Waals surface area contributed by atoms with Crippen molar-refractivity contribution in [1.29, 1.82) is 0 Å². The monoisotopic (exact) mass is 262 g/mol. The Morgan fingerprint density at radius 1 is 1.37 bits per heavy atom. The molecule has 3 N–H and O–H groups in total. The van der Waals surface area contributed by atoms with E-state index in [1.807, 2.05) is 0 Å². The zero-order chi connectivity index (χ0) is 13.2. The summed E-state index contributed by atoms with van der Waals surface area (Å²) in [6, 6.07) is 3.11. The maximum Gasteiger partial charge on any atom is 0.253 e. The summed E-state index contributed by atoms with van der Waals surface area (Å²) in [5.41, 5.74) is 6.42. The van der Waals surface area contributed by atoms with Gasteiger partial charge in [-0.3, -0.25) is 4.79 Å². The Kier molecular flexibility index (Phi) is 2.67. The summed E-state index contributed by atoms with van der Waals surface area (Å²) in [6.45, 7) is 0.284. The van der Waals surface area contributed by atoms with Gasteiger partial charge in [-0.05, 0) is 6.07 Å². The lowest BCUT2D eigenvalue weighted by molar-refractivity contribution is 0.0950. The lowest BCUT2D eigenvalue weighted by atomic mass is 10.1. The molecule has 1 aromatic heterocycles. The maximum absolute atomic E-state index is 12.0. The number of nitrogens with zero attached hydrogens (tertiary/aromatic N) is 2. The van der Waals surface area contributed by atoms with Crippen molar-refractivity contribution in [3.05, 3.63) is 29.9 Å². The third kappa shape index (κ3) is 2.15. The summed E-state index contributed by atoms with van der Waals surface area (Å²) < 4.78 is 14.9. The maximum atomic E-state index is 12.0. The van der Waals surface area contributed by atoms with Crippen molar-refractivity contribution in [2.24, 2.45) is 0 Å². The first-order valence-corrected chi connectivity index (χ1v) is 5.46. The molecule has 0 saturated heterocycles. The first-order chi connectivity index (χ1) is 9.24. The number of nitrogens with one attached hydrogen (secondary N) is 1. The van der Waals surface area contributed by atoms with Gasteiger partial charge in [0.25, 0.3) is 5.91 Å². The van der Waals surface area contributed by atoms with Crippen LogP contribution in [0.2, 0.25) is 0 Å². The van der Waals surface area contributed by atoms with Crippen LogP contribution in [0.1, 0.15) is 16.2 Å². The highest BCUT2D eigenvalue weighted by Gasteiger charge is 2.19. The molecule has 2 aromatic rings. The van der Waals surface area contributed by atoms with Crippen molar-refractivity contribution >= 4 is 11.6 Å². The van der Waals surface area contributed by atoms with Gasteiger partial charge in [-0.15, -0.1) is 0 Å². The molecular formula is C11H10N4O4. The van der Waals surface area contributed by atoms with Crippen molar-refractivity contribution in [3.63, 3.8) is 0 Å². The Morgan fingerprint density at radius 3 is 2.89 bits per heavy atom. The molecule has 1 aliphatic rings. The fourth-order valence-electron chi connectivity index (χ4n) is 1.68. The third-order valence-electron chi connectivity index (χ3n) is 2.60. The van der Waals surface area contributed by atoms with Gasteiger partial charge in [0.15, 0.2) is 17.3 Å². The van der Waals surface area contributed by atoms with Gasteiger partial charge in [0.2, 0.25) is 13.2 Å². The summed E-state index contributed by atoms with van der Waals surface area (Å²) in [4.78, 5) is 15.8. The van der Waals surface area contributed by atoms with E-state index in [4.69, 9.17) is 15.2 Å². The van der Waals surface area contributed by atoms with E-state index < -0.39 is 0 Å². The minimum Gasteiger partial charge on any atom is -0.454 e. The number of aromatic nitrogens is 2. The molecule has 8 heteroatoms. The van der Waals surface area contributed by atoms with E-state index >= 15 is 0 Å². The van der Waals surface area contributed by atoms with Gasteiger partial charge in [0.05, 0.1) is 12.1 Å². The summed E-state index contributed by atoms with van der Waals surface area (Å²) in [5.74, 6) is 1.07. The van der Waals surface area contributed by atoms with E-state index in [2.05, 4.69) is 20.0 Å². The number of hydrogen-bond acceptors (Lipinski definition) is 7. The summed E-state index contributed by atoms with van der Waals surface area (Å²) >= 11 is 0. The van der Waals surface area contributed by atoms with E-state index in [0.717, 1.165) is 0 Å². The van der Waals surface area contributed by atoms with Gasteiger partial charge < -0.3 is 25.0 Å². The van der Waals surface area contributed by atoms with Gasteiger partial charge >= 0.3 is 0 Å². The number of nitrogens with two attached hydrogens (primary N) is 1. The molecule has 0 fully saturated rings. The van der Waals surface area contributed by atoms with E-state index in [1.54, 1.807) is 12.1 Å². The van der Waals surface area contributed by atoms with Crippen molar-refractivity contribution in [3.8, 4) is 11.5 Å². The topological polar surface area (TPSA) is 113 Å². The lowest BCUT2D eigenvalue weighted by Crippen LogP contribution is -2.24. The van der Waals surface area contributed by atoms with Crippen LogP contribution in [0.25, 0.3) is 0 Å². The molecule has 1 amide bonds. The molecule has 1 aliphatic heterocycles. The molecule has 0 spiro atoms. The summed E-state index contributed by atoms with van der Waals surface area (Å²) in [7, 11) is 0. The Morgan fingerprint density at radius 2 is 2.16 bits per heavy atom. The number of fused-ring (bicyclic) bond motifs is 1. The Hall–Kier alpha value is -2.77. The molecule has 0 aliphatic carbocycles. The van der Waals surface area contributed by atoms with Crippen LogP contribution >= 0.6 is 0 Å². The second-order valence-electron chi connectivity index (χ2n) is 3.82. The SMILES string of the molecule is Nc1cc2c(cc1C(=O)NCc1ncon1)OCO2. The van der Waals surface area contributed by atoms with Crippen LogP contribution in [-0.2, 0) is 6.54 Å². The standard InChI is InChI=1S/C11H10N4O4/c12-7-2-9-8(17-5-18-9)1-6(7)11(16)13-3-10-14-4-19-15-10/h1-2,4H,3,5,12H2,(H,13,16). The fraction of sp³-hybridized carbons (Fsp3) is 0.182. The van der Waals surface area contributed by atoms with E-state index in [1.165, 1.54) is 6.39 Å². The quantitative estimate of drug-likeness (QED) is 0.765. The van der Waals surface area contributed by atoms with Crippen molar-refractivity contribution in [2.45, 2.75) is 6.54 Å². The molecule has 98 valence electrons. The van der Waals surface area contributed by atoms with E-state index in [0.29, 0.717) is 28.6 Å². The predicted molar refractivity (Wildman–Crippen MR) is 62.4 cm³/mol. The highest BCUT2D eigenvalue weighted by Crippen LogP contribution is 2.35. The van der Waals surface area contributed by atoms with Crippen LogP contribution in [-0.4, -0.2) is 22.8 Å². The van der Waals surface area contributed by atoms with E-state index in [-0.39, 0.29) is 19.2 Å². The molecule has 0 bridgehead atoms. The van der Waals surface area contributed by atoms with Crippen molar-refractivity contribution in [1.82, 2.24) is 15.5 Å². The third-order valence-corrected chi connectivity index (χ3v) is 2.60. The first kappa shape index (κ1) is 11.3. The largest absolute Gasteiger partial charge is 0.454 e. The first-order valence-electron chi connectivity index (χ1n) is 5.46. The number of rotatable bonds is 3. The highest BCUT2D eigenvalue weighted by atomic mass is 16.7. The molecule has 0 atom stereocenters. The number of ether oxygens (including phenoxy) is 2. The van der Waals surface area contributed by atoms with Gasteiger partial charge in [-0.1, -0.05) is 5.16 Å². The number of amides is 1. The van der Waals surface area contributed by atoms with Gasteiger partial charge in [-0.2, -0.15) is 4.98 Å². The smallest absolute Gasteiger partial charge is 0.253 e. The Balaban J connectivity index is 1.76. The van der Waals surface area contributed by atoms with Crippen LogP contribution in [0.5, 0.6) is 11.5 Å². The number of benzene rings is 1. The van der Waals surface area contributed by atoms with Crippen LogP contribution < -0.4 is 20.5 Å². The Labute approximate surface area is 107 Å². The minimum absolute atomic E-state index is 0.128. The van der Waals surface area contributed by atoms with Crippen LogP contribution in [0, 0.1) is 0 Å². The molecule has 3 rings (SSSR count). The fourth-order valence-corrected chi connectivity index (χ4v) is 1.68. The number of carbonyl (C=O) groups excluding carboxylic acids is 1. The molecule has 8 nitrogen and oxygen atoms in total. The zero-order valence-electron chi connectivity index (χ0n) is 9.75. The predicted octanol–water partition coefficient (Wildman–Crippen LogP) is 0.310. The van der Waals surface area contributed by atoms with Crippen LogP contribution in [0.4, 0.5) is 5.69 Å². The second kappa shape index (κ2) is 4.48. The Bertz CT molecular complexity index is 611. The summed E-state index contributed by atoms with van der Waals surface area (Å²) in [5, 5.41) is 6.22. The van der Waals surface area contributed by atoms with Crippen molar-refractivity contribution in [2.75, 3.05) is 12.5 Å². The normalized spacial score (nSPS) is 12.4. The second-order valence-corrected chi connectivity index (χ2v) is 3.82. The summed E-state index contributed by atoms with van der Waals surface area (Å²) in [6.07, 6.45) is 1.19. The number of nitrogen functional groups attached to an aromatic ring is 1. The van der Waals surface area contributed by atoms with Crippen molar-refractivity contribution < 1.29 is 18.8 Å². The molecule has 0 radical (unpaired) electrons. The van der Waals surface area contributed by atoms with E-state index in [9.17, 15) is 4.79 Å². The molecule has 2 heterocycles. The molecule has 1 aromatic carbocycles. The highest BCUT2D eigenvalue weighted by molar-refractivity contribution is 6.00. The molecular weight excluding hydrogens is 252 g/mol. The van der Waals surface area contributed by atoms with Gasteiger partial charge in [0, 0.05) is 11.8 Å². The zero-order valence-corrected chi connectivity index (χ0v) is 9.75. The van der Waals surface area contributed by atoms with Gasteiger partial charge in [0.1, 0.15) is 0 Å². The average Bonchev–Trinajstić information content (AvgIpc) is 3.05. The van der Waals surface area contributed by atoms with Gasteiger partial charge in [-0.25, -0.2) is 0 Å². The molecule has 19 heavy (non-hydrogen) atoms. The van der Waals surface area contributed by atoms with Crippen LogP contribution in [0.15, 0.2) is 23.0 Å². The van der Waals surface area contributed by atoms with Crippen LogP contribution in [0.3, 0.4) is 0 Å². The minimum atomic E-state index is -0.347. The number of carbonyl (C=O) groups is 1.